The minimum Gasteiger partial charge on any atom is -0.355 e. The average Bonchev–Trinajstić information content (AvgIpc) is 2.32. The number of aryl methyl sites for hydroxylation is 2. The zero-order valence-electron chi connectivity index (χ0n) is 10.6. The average molecular weight is 258 g/mol. The third-order valence-corrected chi connectivity index (χ3v) is 3.09. The smallest absolute Gasteiger partial charge is 0.0499 e. The third kappa shape index (κ3) is 2.93. The second-order valence-corrected chi connectivity index (χ2v) is 4.86. The van der Waals surface area contributed by atoms with Crippen molar-refractivity contribution in [1.29, 1.82) is 0 Å². The van der Waals surface area contributed by atoms with Crippen LogP contribution in [0.15, 0.2) is 49.0 Å². The zero-order chi connectivity index (χ0) is 13.1. The molecule has 92 valence electrons. The molecule has 1 N–H and O–H groups in total. The van der Waals surface area contributed by atoms with Crippen LogP contribution >= 0.6 is 11.6 Å². The topological polar surface area (TPSA) is 12.0 Å². The van der Waals surface area contributed by atoms with Crippen LogP contribution in [0.4, 0.5) is 5.69 Å². The molecule has 0 spiro atoms. The van der Waals surface area contributed by atoms with E-state index in [0.29, 0.717) is 5.02 Å². The molecule has 0 radical (unpaired) electrons. The number of anilines is 1. The van der Waals surface area contributed by atoms with E-state index in [1.165, 1.54) is 11.1 Å². The molecule has 0 aliphatic carbocycles. The molecule has 0 saturated heterocycles. The maximum Gasteiger partial charge on any atom is 0.0499 e. The van der Waals surface area contributed by atoms with Crippen LogP contribution in [0, 0.1) is 13.8 Å². The number of hydrogen-bond donors (Lipinski definition) is 1. The number of rotatable bonds is 3. The third-order valence-electron chi connectivity index (χ3n) is 2.76. The Morgan fingerprint density at radius 3 is 2.50 bits per heavy atom. The molecule has 0 saturated carbocycles. The normalized spacial score (nSPS) is 10.2. The molecule has 0 heterocycles. The van der Waals surface area contributed by atoms with E-state index in [-0.39, 0.29) is 0 Å². The lowest BCUT2D eigenvalue weighted by atomic mass is 10.1. The molecular weight excluding hydrogens is 242 g/mol. The van der Waals surface area contributed by atoms with Crippen LogP contribution in [0.5, 0.6) is 0 Å². The van der Waals surface area contributed by atoms with E-state index in [0.717, 1.165) is 16.9 Å². The van der Waals surface area contributed by atoms with E-state index >= 15 is 0 Å². The Kier molecular flexibility index (Phi) is 3.73. The van der Waals surface area contributed by atoms with Crippen molar-refractivity contribution in [1.82, 2.24) is 0 Å². The summed E-state index contributed by atoms with van der Waals surface area (Å²) in [5, 5.41) is 4.00. The monoisotopic (exact) mass is 257 g/mol. The highest BCUT2D eigenvalue weighted by atomic mass is 35.5. The SMILES string of the molecule is C=C(Nc1cccc(C)c1)c1cc(C)ccc1Cl. The molecule has 0 aliphatic heterocycles. The zero-order valence-corrected chi connectivity index (χ0v) is 11.4. The highest BCUT2D eigenvalue weighted by Gasteiger charge is 2.05. The Hall–Kier alpha value is -1.73. The first-order valence-corrected chi connectivity index (χ1v) is 6.23. The number of nitrogens with one attached hydrogen (secondary N) is 1. The molecule has 2 rings (SSSR count). The second kappa shape index (κ2) is 5.28. The summed E-state index contributed by atoms with van der Waals surface area (Å²) in [5.74, 6) is 0. The molecule has 0 fully saturated rings. The summed E-state index contributed by atoms with van der Waals surface area (Å²) in [7, 11) is 0. The molecule has 1 nitrogen and oxygen atoms in total. The standard InChI is InChI=1S/C16H16ClN/c1-11-5-4-6-14(9-11)18-13(3)15-10-12(2)7-8-16(15)17/h4-10,18H,3H2,1-2H3. The van der Waals surface area contributed by atoms with Crippen molar-refractivity contribution in [2.75, 3.05) is 5.32 Å². The maximum absolute atomic E-state index is 6.19. The van der Waals surface area contributed by atoms with E-state index in [2.05, 4.69) is 31.0 Å². The van der Waals surface area contributed by atoms with Crippen LogP contribution < -0.4 is 5.32 Å². The highest BCUT2D eigenvalue weighted by Crippen LogP contribution is 2.25. The van der Waals surface area contributed by atoms with Gasteiger partial charge in [0.1, 0.15) is 0 Å². The Balaban J connectivity index is 2.24. The molecular formula is C16H16ClN. The molecule has 2 aromatic rings. The lowest BCUT2D eigenvalue weighted by Crippen LogP contribution is -1.98. The molecule has 0 bridgehead atoms. The quantitative estimate of drug-likeness (QED) is 0.812. The summed E-state index contributed by atoms with van der Waals surface area (Å²) in [6.45, 7) is 8.16. The molecule has 0 amide bonds. The van der Waals surface area contributed by atoms with Gasteiger partial charge in [0.2, 0.25) is 0 Å². The Labute approximate surface area is 113 Å². The minimum absolute atomic E-state index is 0.714. The van der Waals surface area contributed by atoms with Crippen LogP contribution in [-0.2, 0) is 0 Å². The van der Waals surface area contributed by atoms with E-state index < -0.39 is 0 Å². The van der Waals surface area contributed by atoms with Crippen molar-refractivity contribution in [3.63, 3.8) is 0 Å². The van der Waals surface area contributed by atoms with Crippen molar-refractivity contribution in [3.05, 3.63) is 70.8 Å². The van der Waals surface area contributed by atoms with Crippen LogP contribution in [0.2, 0.25) is 5.02 Å². The van der Waals surface area contributed by atoms with Gasteiger partial charge in [-0.05, 0) is 43.7 Å². The Morgan fingerprint density at radius 1 is 1.06 bits per heavy atom. The Bertz CT molecular complexity index is 587. The van der Waals surface area contributed by atoms with Gasteiger partial charge in [0.15, 0.2) is 0 Å². The summed E-state index contributed by atoms with van der Waals surface area (Å²) in [4.78, 5) is 0. The van der Waals surface area contributed by atoms with Gasteiger partial charge < -0.3 is 5.32 Å². The lowest BCUT2D eigenvalue weighted by molar-refractivity contribution is 1.42. The van der Waals surface area contributed by atoms with Crippen LogP contribution in [0.25, 0.3) is 5.70 Å². The molecule has 2 heteroatoms. The fourth-order valence-corrected chi connectivity index (χ4v) is 2.07. The first-order chi connectivity index (χ1) is 8.56. The number of benzene rings is 2. The summed E-state index contributed by atoms with van der Waals surface area (Å²) in [5.41, 5.74) is 5.16. The summed E-state index contributed by atoms with van der Waals surface area (Å²) < 4.78 is 0. The van der Waals surface area contributed by atoms with Gasteiger partial charge in [0, 0.05) is 22.0 Å². The maximum atomic E-state index is 6.19. The summed E-state index contributed by atoms with van der Waals surface area (Å²) >= 11 is 6.19. The fraction of sp³-hybridized carbons (Fsp3) is 0.125. The van der Waals surface area contributed by atoms with Gasteiger partial charge in [0.25, 0.3) is 0 Å². The van der Waals surface area contributed by atoms with Crippen LogP contribution in [0.1, 0.15) is 16.7 Å². The number of hydrogen-bond acceptors (Lipinski definition) is 1. The van der Waals surface area contributed by atoms with Gasteiger partial charge in [-0.15, -0.1) is 0 Å². The van der Waals surface area contributed by atoms with Gasteiger partial charge in [0.05, 0.1) is 0 Å². The molecule has 0 aliphatic rings. The van der Waals surface area contributed by atoms with E-state index in [1.807, 2.05) is 37.3 Å². The van der Waals surface area contributed by atoms with Crippen molar-refractivity contribution in [2.45, 2.75) is 13.8 Å². The molecule has 2 aromatic carbocycles. The largest absolute Gasteiger partial charge is 0.355 e. The second-order valence-electron chi connectivity index (χ2n) is 4.46. The van der Waals surface area contributed by atoms with Crippen molar-refractivity contribution in [2.24, 2.45) is 0 Å². The van der Waals surface area contributed by atoms with E-state index in [4.69, 9.17) is 11.6 Å². The molecule has 18 heavy (non-hydrogen) atoms. The predicted octanol–water partition coefficient (Wildman–Crippen LogP) is 5.04. The molecule has 0 atom stereocenters. The van der Waals surface area contributed by atoms with Gasteiger partial charge >= 0.3 is 0 Å². The van der Waals surface area contributed by atoms with Gasteiger partial charge in [-0.2, -0.15) is 0 Å². The minimum atomic E-state index is 0.714. The predicted molar refractivity (Wildman–Crippen MR) is 80.0 cm³/mol. The van der Waals surface area contributed by atoms with Crippen LogP contribution in [0.3, 0.4) is 0 Å². The lowest BCUT2D eigenvalue weighted by Gasteiger charge is -2.12. The van der Waals surface area contributed by atoms with Gasteiger partial charge in [-0.25, -0.2) is 0 Å². The van der Waals surface area contributed by atoms with Gasteiger partial charge in [-0.3, -0.25) is 0 Å². The summed E-state index contributed by atoms with van der Waals surface area (Å²) in [6, 6.07) is 14.1. The van der Waals surface area contributed by atoms with Crippen molar-refractivity contribution < 1.29 is 0 Å². The van der Waals surface area contributed by atoms with Gasteiger partial charge in [-0.1, -0.05) is 41.9 Å². The van der Waals surface area contributed by atoms with Crippen molar-refractivity contribution >= 4 is 23.0 Å². The van der Waals surface area contributed by atoms with Crippen molar-refractivity contribution in [3.8, 4) is 0 Å². The first kappa shape index (κ1) is 12.7. The Morgan fingerprint density at radius 2 is 1.78 bits per heavy atom. The number of halogens is 1. The van der Waals surface area contributed by atoms with E-state index in [9.17, 15) is 0 Å². The molecule has 0 aromatic heterocycles. The fourth-order valence-electron chi connectivity index (χ4n) is 1.83. The highest BCUT2D eigenvalue weighted by molar-refractivity contribution is 6.32. The molecule has 0 unspecified atom stereocenters. The first-order valence-electron chi connectivity index (χ1n) is 5.85. The summed E-state index contributed by atoms with van der Waals surface area (Å²) in [6.07, 6.45) is 0. The van der Waals surface area contributed by atoms with Crippen LogP contribution in [-0.4, -0.2) is 0 Å². The van der Waals surface area contributed by atoms with E-state index in [1.54, 1.807) is 0 Å².